The van der Waals surface area contributed by atoms with Gasteiger partial charge in [-0.05, 0) is 0 Å². The van der Waals surface area contributed by atoms with Gasteiger partial charge in [0.2, 0.25) is 0 Å². The second-order valence-electron chi connectivity index (χ2n) is 7.06. The standard InChI is InChI=1S/C21H24N2.C3H5.ClH.Pd/c1-14-9-16(3)20(17(4)10-14)22-7-8-23(13-22)21-18(5)11-15(2)12-19(21)6;1-3-2;;/h7-12H,1-6H3;3H,1-2H2;1H;/q;-1;;. The minimum atomic E-state index is 0. The van der Waals surface area contributed by atoms with Gasteiger partial charge in [-0.15, -0.1) is 12.4 Å². The molecule has 3 aromatic rings. The van der Waals surface area contributed by atoms with Gasteiger partial charge in [-0.3, -0.25) is 0 Å². The van der Waals surface area contributed by atoms with Gasteiger partial charge in [0.25, 0.3) is 0 Å². The SMILES string of the molecule is C=C[CH2-].Cc1cc(C)c(-n2ccn(-c3c(C)cc(C)cc3C)[c]2=[Pd])c(C)c1.Cl. The number of allylic oxidation sites excluding steroid dienone is 1. The van der Waals surface area contributed by atoms with E-state index in [1.165, 1.54) is 50.8 Å². The summed E-state index contributed by atoms with van der Waals surface area (Å²) in [6.45, 7) is 19.5. The molecule has 0 aliphatic carbocycles. The minimum absolute atomic E-state index is 0. The van der Waals surface area contributed by atoms with Gasteiger partial charge in [-0.2, -0.15) is 0 Å². The Morgan fingerprint density at radius 3 is 1.25 bits per heavy atom. The molecule has 0 saturated carbocycles. The Bertz CT molecular complexity index is 917. The molecule has 2 nitrogen and oxygen atoms in total. The molecule has 4 heteroatoms. The number of rotatable bonds is 2. The molecular formula is C24H30ClN2Pd-. The molecule has 0 radical (unpaired) electrons. The van der Waals surface area contributed by atoms with Gasteiger partial charge < -0.3 is 0 Å². The molecule has 0 aliphatic rings. The van der Waals surface area contributed by atoms with Crippen LogP contribution in [-0.2, 0) is 18.7 Å². The molecule has 0 amide bonds. The van der Waals surface area contributed by atoms with Crippen molar-refractivity contribution >= 4 is 12.4 Å². The van der Waals surface area contributed by atoms with Crippen LogP contribution in [0.1, 0.15) is 33.4 Å². The molecule has 3 rings (SSSR count). The van der Waals surface area contributed by atoms with Crippen LogP contribution < -0.4 is 0 Å². The number of aryl methyl sites for hydroxylation is 6. The van der Waals surface area contributed by atoms with Crippen LogP contribution in [0.25, 0.3) is 11.4 Å². The van der Waals surface area contributed by atoms with Crippen molar-refractivity contribution in [1.29, 1.82) is 0 Å². The summed E-state index contributed by atoms with van der Waals surface area (Å²) in [6.07, 6.45) is 5.78. The largest absolute Gasteiger partial charge is 0.147 e. The molecule has 0 N–H and O–H groups in total. The van der Waals surface area contributed by atoms with E-state index in [0.717, 1.165) is 3.89 Å². The minimum Gasteiger partial charge on any atom is -0.147 e. The Morgan fingerprint density at radius 1 is 0.750 bits per heavy atom. The Labute approximate surface area is 186 Å². The predicted molar refractivity (Wildman–Crippen MR) is 120 cm³/mol. The number of imidazole rings is 1. The third kappa shape index (κ3) is 4.97. The van der Waals surface area contributed by atoms with E-state index in [0.29, 0.717) is 0 Å². The molecule has 0 atom stereocenters. The predicted octanol–water partition coefficient (Wildman–Crippen LogP) is 6.63. The summed E-state index contributed by atoms with van der Waals surface area (Å²) in [5.74, 6) is 0. The maximum absolute atomic E-state index is 3.50. The van der Waals surface area contributed by atoms with Crippen molar-refractivity contribution in [3.63, 3.8) is 0 Å². The first-order valence-electron chi connectivity index (χ1n) is 9.03. The van der Waals surface area contributed by atoms with Gasteiger partial charge in [-0.1, -0.05) is 0 Å². The summed E-state index contributed by atoms with van der Waals surface area (Å²) >= 11 is 3.50. The molecule has 28 heavy (non-hydrogen) atoms. The Morgan fingerprint density at radius 2 is 1.00 bits per heavy atom. The maximum atomic E-state index is 3.50. The molecule has 1 aromatic heterocycles. The summed E-state index contributed by atoms with van der Waals surface area (Å²) in [4.78, 5) is 0. The second-order valence-corrected chi connectivity index (χ2v) is 7.76. The molecule has 0 fully saturated rings. The van der Waals surface area contributed by atoms with Crippen LogP contribution >= 0.6 is 12.4 Å². The van der Waals surface area contributed by atoms with E-state index >= 15 is 0 Å². The monoisotopic (exact) mass is 487 g/mol. The fourth-order valence-corrected chi connectivity index (χ4v) is 4.37. The summed E-state index contributed by atoms with van der Waals surface area (Å²) < 4.78 is 5.56. The van der Waals surface area contributed by atoms with Crippen molar-refractivity contribution in [2.45, 2.75) is 41.5 Å². The van der Waals surface area contributed by atoms with E-state index in [9.17, 15) is 0 Å². The fraction of sp³-hybridized carbons (Fsp3) is 0.250. The van der Waals surface area contributed by atoms with Gasteiger partial charge in [0.05, 0.1) is 0 Å². The summed E-state index contributed by atoms with van der Waals surface area (Å²) in [7, 11) is 0. The number of halogens is 1. The first-order chi connectivity index (χ1) is 12.7. The van der Waals surface area contributed by atoms with E-state index in [1.54, 1.807) is 0 Å². The molecule has 1 heterocycles. The summed E-state index contributed by atoms with van der Waals surface area (Å²) in [5, 5.41) is 0. The molecular weight excluding hydrogens is 458 g/mol. The first-order valence-corrected chi connectivity index (χ1v) is 9.81. The molecule has 0 spiro atoms. The third-order valence-corrected chi connectivity index (χ3v) is 5.23. The van der Waals surface area contributed by atoms with Crippen molar-refractivity contribution in [3.05, 3.63) is 93.5 Å². The van der Waals surface area contributed by atoms with Crippen molar-refractivity contribution < 1.29 is 18.7 Å². The van der Waals surface area contributed by atoms with E-state index in [4.69, 9.17) is 0 Å². The number of nitrogens with zero attached hydrogens (tertiary/aromatic N) is 2. The molecule has 0 aliphatic heterocycles. The molecule has 0 saturated heterocycles. The van der Waals surface area contributed by atoms with Crippen molar-refractivity contribution in [2.24, 2.45) is 0 Å². The normalized spacial score (nSPS) is 10.0. The fourth-order valence-electron chi connectivity index (χ4n) is 3.79. The van der Waals surface area contributed by atoms with E-state index in [-0.39, 0.29) is 12.4 Å². The van der Waals surface area contributed by atoms with Crippen LogP contribution in [0, 0.1) is 52.4 Å². The van der Waals surface area contributed by atoms with Gasteiger partial charge in [0.1, 0.15) is 0 Å². The van der Waals surface area contributed by atoms with Crippen LogP contribution in [0.15, 0.2) is 49.3 Å². The van der Waals surface area contributed by atoms with Crippen LogP contribution in [0.3, 0.4) is 0 Å². The number of hydrogen-bond donors (Lipinski definition) is 0. The van der Waals surface area contributed by atoms with E-state index < -0.39 is 0 Å². The maximum Gasteiger partial charge on any atom is -0.147 e. The summed E-state index contributed by atoms with van der Waals surface area (Å²) in [5.41, 5.74) is 10.3. The van der Waals surface area contributed by atoms with E-state index in [1.807, 2.05) is 0 Å². The quantitative estimate of drug-likeness (QED) is 0.283. The zero-order chi connectivity index (χ0) is 20.3. The first kappa shape index (κ1) is 24.3. The van der Waals surface area contributed by atoms with Gasteiger partial charge >= 0.3 is 155 Å². The third-order valence-electron chi connectivity index (χ3n) is 4.49. The molecule has 2 aromatic carbocycles. The Hall–Kier alpha value is -1.79. The van der Waals surface area contributed by atoms with Crippen LogP contribution in [0.5, 0.6) is 0 Å². The van der Waals surface area contributed by atoms with Gasteiger partial charge in [-0.25, -0.2) is 19.6 Å². The van der Waals surface area contributed by atoms with Gasteiger partial charge in [0.15, 0.2) is 0 Å². The molecule has 154 valence electrons. The van der Waals surface area contributed by atoms with Crippen LogP contribution in [-0.4, -0.2) is 9.13 Å². The van der Waals surface area contributed by atoms with Crippen LogP contribution in [0.2, 0.25) is 0 Å². The van der Waals surface area contributed by atoms with Gasteiger partial charge in [0, 0.05) is 0 Å². The second kappa shape index (κ2) is 10.1. The smallest absolute Gasteiger partial charge is 0.147 e. The average Bonchev–Trinajstić information content (AvgIpc) is 2.88. The zero-order valence-corrected chi connectivity index (χ0v) is 19.9. The Balaban J connectivity index is 0.000000921. The van der Waals surface area contributed by atoms with Crippen molar-refractivity contribution in [1.82, 2.24) is 9.13 Å². The summed E-state index contributed by atoms with van der Waals surface area (Å²) in [6, 6.07) is 8.97. The Kier molecular flexibility index (Phi) is 8.77. The number of benzene rings is 2. The average molecular weight is 488 g/mol. The van der Waals surface area contributed by atoms with Crippen molar-refractivity contribution in [3.8, 4) is 11.4 Å². The zero-order valence-electron chi connectivity index (χ0n) is 17.6. The van der Waals surface area contributed by atoms with E-state index in [2.05, 4.69) is 120 Å². The molecule has 0 unspecified atom stereocenters. The van der Waals surface area contributed by atoms with Crippen LogP contribution in [0.4, 0.5) is 0 Å². The topological polar surface area (TPSA) is 9.86 Å². The number of aromatic nitrogens is 2. The number of hydrogen-bond acceptors (Lipinski definition) is 0. The molecule has 0 bridgehead atoms. The van der Waals surface area contributed by atoms with Crippen molar-refractivity contribution in [2.75, 3.05) is 0 Å².